The van der Waals surface area contributed by atoms with E-state index in [2.05, 4.69) is 9.97 Å². The summed E-state index contributed by atoms with van der Waals surface area (Å²) < 4.78 is 28.8. The van der Waals surface area contributed by atoms with Crippen LogP contribution in [-0.4, -0.2) is 39.2 Å². The van der Waals surface area contributed by atoms with Gasteiger partial charge in [-0.15, -0.1) is 0 Å². The van der Waals surface area contributed by atoms with Crippen LogP contribution in [0.1, 0.15) is 21.5 Å². The summed E-state index contributed by atoms with van der Waals surface area (Å²) in [5.41, 5.74) is -1.30. The number of benzene rings is 3. The predicted molar refractivity (Wildman–Crippen MR) is 115 cm³/mol. The lowest BCUT2D eigenvalue weighted by molar-refractivity contribution is 0.0698. The van der Waals surface area contributed by atoms with E-state index in [9.17, 15) is 28.6 Å². The number of carbonyl (C=O) groups is 2. The fourth-order valence-corrected chi connectivity index (χ4v) is 4.06. The minimum atomic E-state index is -2.17. The normalized spacial score (nSPS) is 17.5. The molecule has 1 aliphatic heterocycles. The number of rotatable bonds is 3. The van der Waals surface area contributed by atoms with Crippen molar-refractivity contribution < 1.29 is 28.6 Å². The second-order valence-electron chi connectivity index (χ2n) is 7.57. The van der Waals surface area contributed by atoms with Crippen LogP contribution in [-0.2, 0) is 5.72 Å². The van der Waals surface area contributed by atoms with E-state index in [4.69, 9.17) is 0 Å². The quantitative estimate of drug-likeness (QED) is 0.440. The number of nitrogens with one attached hydrogen (secondary N) is 1. The first kappa shape index (κ1) is 20.6. The molecule has 3 aromatic carbocycles. The monoisotopic (exact) mass is 450 g/mol. The Morgan fingerprint density at radius 3 is 2.64 bits per heavy atom. The minimum absolute atomic E-state index is 0.0533. The van der Waals surface area contributed by atoms with Gasteiger partial charge in [0.05, 0.1) is 16.7 Å². The molecule has 166 valence electrons. The van der Waals surface area contributed by atoms with Crippen LogP contribution in [0, 0.1) is 11.6 Å². The zero-order valence-corrected chi connectivity index (χ0v) is 17.1. The van der Waals surface area contributed by atoms with Crippen molar-refractivity contribution in [2.75, 3.05) is 16.8 Å². The summed E-state index contributed by atoms with van der Waals surface area (Å²) in [5, 5.41) is 21.1. The Hall–Kier alpha value is -4.31. The third-order valence-electron chi connectivity index (χ3n) is 5.71. The fourth-order valence-electron chi connectivity index (χ4n) is 4.06. The average molecular weight is 450 g/mol. The van der Waals surface area contributed by atoms with E-state index < -0.39 is 35.0 Å². The third kappa shape index (κ3) is 2.88. The maximum absolute atomic E-state index is 14.8. The number of aromatic amines is 1. The van der Waals surface area contributed by atoms with Crippen LogP contribution in [0.2, 0.25) is 0 Å². The fraction of sp³-hybridized carbons (Fsp3) is 0.0870. The van der Waals surface area contributed by atoms with E-state index in [0.29, 0.717) is 11.0 Å². The zero-order valence-electron chi connectivity index (χ0n) is 17.1. The first-order valence-corrected chi connectivity index (χ1v) is 9.81. The molecule has 33 heavy (non-hydrogen) atoms. The van der Waals surface area contributed by atoms with Gasteiger partial charge in [0.15, 0.2) is 17.4 Å². The molecular weight excluding hydrogens is 434 g/mol. The summed E-state index contributed by atoms with van der Waals surface area (Å²) in [5.74, 6) is -3.08. The van der Waals surface area contributed by atoms with Gasteiger partial charge in [0, 0.05) is 23.7 Å². The van der Waals surface area contributed by atoms with Gasteiger partial charge in [0.2, 0.25) is 5.95 Å². The Kier molecular flexibility index (Phi) is 4.43. The maximum Gasteiger partial charge on any atom is 0.413 e. The van der Waals surface area contributed by atoms with Crippen LogP contribution in [0.3, 0.4) is 0 Å². The van der Waals surface area contributed by atoms with Crippen molar-refractivity contribution in [2.24, 2.45) is 0 Å². The summed E-state index contributed by atoms with van der Waals surface area (Å²) in [6.45, 7) is 0. The first-order valence-electron chi connectivity index (χ1n) is 9.81. The number of carboxylic acid groups (broad SMARTS) is 1. The molecule has 8 nitrogen and oxygen atoms in total. The molecule has 0 saturated heterocycles. The molecule has 0 radical (unpaired) electrons. The number of anilines is 2. The number of imidazole rings is 1. The lowest BCUT2D eigenvalue weighted by atomic mass is 9.93. The van der Waals surface area contributed by atoms with Crippen molar-refractivity contribution >= 4 is 34.7 Å². The van der Waals surface area contributed by atoms with Gasteiger partial charge in [0.25, 0.3) is 5.91 Å². The average Bonchev–Trinajstić information content (AvgIpc) is 3.33. The Bertz CT molecular complexity index is 1450. The minimum Gasteiger partial charge on any atom is -0.465 e. The van der Waals surface area contributed by atoms with Crippen LogP contribution in [0.4, 0.5) is 25.2 Å². The predicted octanol–water partition coefficient (Wildman–Crippen LogP) is 3.81. The van der Waals surface area contributed by atoms with E-state index in [0.717, 1.165) is 15.9 Å². The molecule has 0 saturated carbocycles. The lowest BCUT2D eigenvalue weighted by Crippen LogP contribution is -2.45. The number of hydrogen-bond donors (Lipinski definition) is 3. The number of aromatic nitrogens is 2. The molecule has 4 aromatic rings. The maximum atomic E-state index is 14.8. The van der Waals surface area contributed by atoms with Crippen LogP contribution >= 0.6 is 0 Å². The number of nitrogens with zero attached hydrogens (tertiary/aromatic N) is 3. The number of amides is 2. The Morgan fingerprint density at radius 1 is 1.12 bits per heavy atom. The molecule has 1 atom stereocenters. The molecule has 1 aliphatic rings. The van der Waals surface area contributed by atoms with Crippen LogP contribution < -0.4 is 9.80 Å². The van der Waals surface area contributed by atoms with Crippen LogP contribution in [0.15, 0.2) is 60.7 Å². The van der Waals surface area contributed by atoms with Crippen molar-refractivity contribution in [2.45, 2.75) is 5.72 Å². The Morgan fingerprint density at radius 2 is 1.88 bits per heavy atom. The highest BCUT2D eigenvalue weighted by Gasteiger charge is 2.51. The molecule has 2 amide bonds. The van der Waals surface area contributed by atoms with Gasteiger partial charge in [-0.2, -0.15) is 0 Å². The Balaban J connectivity index is 1.74. The lowest BCUT2D eigenvalue weighted by Gasteiger charge is -2.35. The van der Waals surface area contributed by atoms with Crippen molar-refractivity contribution in [1.29, 1.82) is 0 Å². The SMILES string of the molecule is CN(C(=O)O)c1nc2ccc(C3(O)c4ccccc4C(=O)N3c3cccc(F)c3F)cc2[nH]1. The summed E-state index contributed by atoms with van der Waals surface area (Å²) in [7, 11) is 1.31. The Labute approximate surface area is 185 Å². The standard InChI is InChI=1S/C23H16F2N4O4/c1-28(22(31)32)21-26-16-10-9-12(11-17(16)27-21)23(33)14-6-3-2-5-13(14)20(30)29(23)18-8-4-7-15(24)19(18)25/h2-11,33H,1H3,(H,26,27)(H,31,32). The number of carbonyl (C=O) groups excluding carboxylic acids is 1. The molecule has 2 heterocycles. The molecule has 1 unspecified atom stereocenters. The van der Waals surface area contributed by atoms with Gasteiger partial charge in [-0.3, -0.25) is 14.6 Å². The second-order valence-corrected chi connectivity index (χ2v) is 7.57. The summed E-state index contributed by atoms with van der Waals surface area (Å²) in [6.07, 6.45) is -1.23. The van der Waals surface area contributed by atoms with Crippen molar-refractivity contribution in [1.82, 2.24) is 9.97 Å². The van der Waals surface area contributed by atoms with Crippen LogP contribution in [0.25, 0.3) is 11.0 Å². The highest BCUT2D eigenvalue weighted by Crippen LogP contribution is 2.46. The molecule has 5 rings (SSSR count). The van der Waals surface area contributed by atoms with Crippen LogP contribution in [0.5, 0.6) is 0 Å². The number of fused-ring (bicyclic) bond motifs is 2. The first-order chi connectivity index (χ1) is 15.7. The second kappa shape index (κ2) is 7.10. The van der Waals surface area contributed by atoms with Gasteiger partial charge in [0.1, 0.15) is 0 Å². The van der Waals surface area contributed by atoms with E-state index in [1.165, 1.54) is 49.5 Å². The highest BCUT2D eigenvalue weighted by atomic mass is 19.2. The molecule has 0 aliphatic carbocycles. The smallest absolute Gasteiger partial charge is 0.413 e. The van der Waals surface area contributed by atoms with Crippen molar-refractivity contribution in [3.8, 4) is 0 Å². The van der Waals surface area contributed by atoms with Gasteiger partial charge in [-0.05, 0) is 30.3 Å². The van der Waals surface area contributed by atoms with E-state index in [1.807, 2.05) is 0 Å². The van der Waals surface area contributed by atoms with Gasteiger partial charge in [-0.25, -0.2) is 18.6 Å². The highest BCUT2D eigenvalue weighted by molar-refractivity contribution is 6.12. The number of H-pyrrole nitrogens is 1. The molecule has 3 N–H and O–H groups in total. The third-order valence-corrected chi connectivity index (χ3v) is 5.71. The molecule has 1 aromatic heterocycles. The molecule has 0 fully saturated rings. The van der Waals surface area contributed by atoms with E-state index >= 15 is 0 Å². The number of halogens is 2. The largest absolute Gasteiger partial charge is 0.465 e. The summed E-state index contributed by atoms with van der Waals surface area (Å²) >= 11 is 0. The topological polar surface area (TPSA) is 110 Å². The van der Waals surface area contributed by atoms with Gasteiger partial charge in [-0.1, -0.05) is 30.3 Å². The van der Waals surface area contributed by atoms with E-state index in [-0.39, 0.29) is 22.6 Å². The van der Waals surface area contributed by atoms with Gasteiger partial charge < -0.3 is 15.2 Å². The van der Waals surface area contributed by atoms with E-state index in [1.54, 1.807) is 12.1 Å². The van der Waals surface area contributed by atoms with Gasteiger partial charge >= 0.3 is 6.09 Å². The summed E-state index contributed by atoms with van der Waals surface area (Å²) in [6, 6.07) is 14.1. The van der Waals surface area contributed by atoms with Crippen molar-refractivity contribution in [3.05, 3.63) is 89.0 Å². The molecule has 0 spiro atoms. The molecule has 10 heteroatoms. The zero-order chi connectivity index (χ0) is 23.5. The summed E-state index contributed by atoms with van der Waals surface area (Å²) in [4.78, 5) is 33.3. The molecule has 0 bridgehead atoms. The van der Waals surface area contributed by atoms with Crippen molar-refractivity contribution in [3.63, 3.8) is 0 Å². The number of hydrogen-bond acceptors (Lipinski definition) is 4. The molecular formula is C23H16F2N4O4. The number of aliphatic hydroxyl groups is 1.